The van der Waals surface area contributed by atoms with Crippen molar-refractivity contribution < 1.29 is 17.6 Å². The van der Waals surface area contributed by atoms with Gasteiger partial charge in [-0.25, -0.2) is 17.5 Å². The second-order valence-electron chi connectivity index (χ2n) is 7.61. The maximum Gasteiger partial charge on any atom is 0.240 e. The molecule has 0 aromatic heterocycles. The number of carbonyl (C=O) groups is 1. The zero-order valence-electron chi connectivity index (χ0n) is 16.7. The molecule has 0 aliphatic heterocycles. The lowest BCUT2D eigenvalue weighted by Crippen LogP contribution is -2.36. The molecule has 3 aromatic carbocycles. The van der Waals surface area contributed by atoms with Gasteiger partial charge in [0.25, 0.3) is 0 Å². The van der Waals surface area contributed by atoms with Crippen LogP contribution in [0.25, 0.3) is 10.8 Å². The van der Waals surface area contributed by atoms with E-state index in [0.717, 1.165) is 23.6 Å². The van der Waals surface area contributed by atoms with Gasteiger partial charge in [-0.1, -0.05) is 48.0 Å². The van der Waals surface area contributed by atoms with Crippen LogP contribution in [0.5, 0.6) is 0 Å². The molecule has 8 heteroatoms. The van der Waals surface area contributed by atoms with E-state index in [0.29, 0.717) is 0 Å². The quantitative estimate of drug-likeness (QED) is 0.538. The van der Waals surface area contributed by atoms with Crippen molar-refractivity contribution in [2.45, 2.75) is 36.7 Å². The minimum Gasteiger partial charge on any atom is -0.335 e. The molecular formula is C23H22ClFN2O3S. The number of nitrogens with one attached hydrogen (secondary N) is 1. The van der Waals surface area contributed by atoms with E-state index in [1.165, 1.54) is 12.1 Å². The zero-order chi connectivity index (χ0) is 22.0. The van der Waals surface area contributed by atoms with E-state index in [9.17, 15) is 17.6 Å². The van der Waals surface area contributed by atoms with Crippen LogP contribution in [0.2, 0.25) is 5.02 Å². The molecule has 1 aliphatic carbocycles. The predicted molar refractivity (Wildman–Crippen MR) is 119 cm³/mol. The van der Waals surface area contributed by atoms with Gasteiger partial charge < -0.3 is 4.90 Å². The molecule has 4 rings (SSSR count). The minimum absolute atomic E-state index is 0.0185. The molecule has 0 unspecified atom stereocenters. The van der Waals surface area contributed by atoms with Gasteiger partial charge in [0.1, 0.15) is 5.82 Å². The highest BCUT2D eigenvalue weighted by molar-refractivity contribution is 7.89. The van der Waals surface area contributed by atoms with Crippen molar-refractivity contribution in [3.05, 3.63) is 77.1 Å². The predicted octanol–water partition coefficient (Wildman–Crippen LogP) is 4.49. The molecule has 0 saturated heterocycles. The van der Waals surface area contributed by atoms with E-state index in [4.69, 9.17) is 11.6 Å². The Balaban J connectivity index is 1.40. The number of halogens is 2. The van der Waals surface area contributed by atoms with Crippen LogP contribution in [0, 0.1) is 5.82 Å². The fraction of sp³-hybridized carbons (Fsp3) is 0.261. The van der Waals surface area contributed by atoms with Gasteiger partial charge in [0.15, 0.2) is 0 Å². The number of carbonyl (C=O) groups excluding carboxylic acids is 1. The third kappa shape index (κ3) is 5.06. The summed E-state index contributed by atoms with van der Waals surface area (Å²) < 4.78 is 41.9. The standard InChI is InChI=1S/C23H22ClFN2O3S/c24-21-6-3-7-22(25)20(21)15-27(18-9-10-18)23(28)12-13-26-31(29,30)19-11-8-16-4-1-2-5-17(16)14-19/h1-8,11,14,18,26H,9-10,12-13,15H2. The molecule has 0 bridgehead atoms. The minimum atomic E-state index is -3.75. The van der Waals surface area contributed by atoms with Gasteiger partial charge in [-0.2, -0.15) is 0 Å². The summed E-state index contributed by atoms with van der Waals surface area (Å²) in [5, 5.41) is 2.04. The molecule has 0 radical (unpaired) electrons. The molecule has 1 N–H and O–H groups in total. The topological polar surface area (TPSA) is 66.5 Å². The van der Waals surface area contributed by atoms with E-state index < -0.39 is 15.8 Å². The van der Waals surface area contributed by atoms with Gasteiger partial charge in [-0.3, -0.25) is 4.79 Å². The zero-order valence-corrected chi connectivity index (χ0v) is 18.3. The van der Waals surface area contributed by atoms with Gasteiger partial charge in [0.05, 0.1) is 11.4 Å². The van der Waals surface area contributed by atoms with Gasteiger partial charge >= 0.3 is 0 Å². The summed E-state index contributed by atoms with van der Waals surface area (Å²) in [6.07, 6.45) is 1.68. The Labute approximate surface area is 185 Å². The second kappa shape index (κ2) is 8.94. The molecule has 1 saturated carbocycles. The highest BCUT2D eigenvalue weighted by atomic mass is 35.5. The molecule has 0 spiro atoms. The average molecular weight is 461 g/mol. The molecule has 0 atom stereocenters. The Morgan fingerprint density at radius 1 is 1.06 bits per heavy atom. The number of hydrogen-bond donors (Lipinski definition) is 1. The average Bonchev–Trinajstić information content (AvgIpc) is 3.58. The smallest absolute Gasteiger partial charge is 0.240 e. The third-order valence-corrected chi connectivity index (χ3v) is 7.17. The van der Waals surface area contributed by atoms with Gasteiger partial charge in [0.2, 0.25) is 15.9 Å². The first-order valence-electron chi connectivity index (χ1n) is 10.1. The number of nitrogens with zero attached hydrogens (tertiary/aromatic N) is 1. The van der Waals surface area contributed by atoms with E-state index in [1.807, 2.05) is 24.3 Å². The summed E-state index contributed by atoms with van der Waals surface area (Å²) in [5.74, 6) is -0.689. The van der Waals surface area contributed by atoms with Crippen molar-refractivity contribution in [3.8, 4) is 0 Å². The summed E-state index contributed by atoms with van der Waals surface area (Å²) >= 11 is 6.11. The van der Waals surface area contributed by atoms with E-state index >= 15 is 0 Å². The Morgan fingerprint density at radius 3 is 2.52 bits per heavy atom. The molecule has 1 amide bonds. The molecule has 1 fully saturated rings. The lowest BCUT2D eigenvalue weighted by atomic mass is 10.1. The number of benzene rings is 3. The normalized spacial score (nSPS) is 14.0. The summed E-state index contributed by atoms with van der Waals surface area (Å²) in [6, 6.07) is 16.9. The van der Waals surface area contributed by atoms with Crippen molar-refractivity contribution in [1.29, 1.82) is 0 Å². The highest BCUT2D eigenvalue weighted by Crippen LogP contribution is 2.31. The van der Waals surface area contributed by atoms with Crippen LogP contribution in [0.3, 0.4) is 0 Å². The third-order valence-electron chi connectivity index (χ3n) is 5.36. The number of sulfonamides is 1. The van der Waals surface area contributed by atoms with Gasteiger partial charge in [-0.15, -0.1) is 0 Å². The maximum absolute atomic E-state index is 14.2. The summed E-state index contributed by atoms with van der Waals surface area (Å²) in [4.78, 5) is 14.5. The van der Waals surface area contributed by atoms with Crippen molar-refractivity contribution >= 4 is 38.3 Å². The Morgan fingerprint density at radius 2 is 1.81 bits per heavy atom. The van der Waals surface area contributed by atoms with Crippen LogP contribution in [0.1, 0.15) is 24.8 Å². The maximum atomic E-state index is 14.2. The van der Waals surface area contributed by atoms with Crippen LogP contribution in [0.4, 0.5) is 4.39 Å². The van der Waals surface area contributed by atoms with Crippen LogP contribution >= 0.6 is 11.6 Å². The first-order valence-corrected chi connectivity index (χ1v) is 11.9. The van der Waals surface area contributed by atoms with Crippen molar-refractivity contribution in [1.82, 2.24) is 9.62 Å². The summed E-state index contributed by atoms with van der Waals surface area (Å²) in [6.45, 7) is 0.0364. The molecule has 3 aromatic rings. The first kappa shape index (κ1) is 21.7. The monoisotopic (exact) mass is 460 g/mol. The summed E-state index contributed by atoms with van der Waals surface area (Å²) in [7, 11) is -3.75. The molecule has 162 valence electrons. The fourth-order valence-electron chi connectivity index (χ4n) is 3.51. The Bertz CT molecular complexity index is 1210. The van der Waals surface area contributed by atoms with E-state index in [-0.39, 0.29) is 46.9 Å². The van der Waals surface area contributed by atoms with Crippen molar-refractivity contribution in [3.63, 3.8) is 0 Å². The first-order chi connectivity index (χ1) is 14.8. The SMILES string of the molecule is O=C(CCNS(=O)(=O)c1ccc2ccccc2c1)N(Cc1c(F)cccc1Cl)C1CC1. The molecule has 0 heterocycles. The lowest BCUT2D eigenvalue weighted by molar-refractivity contribution is -0.132. The largest absolute Gasteiger partial charge is 0.335 e. The number of rotatable bonds is 8. The number of hydrogen-bond acceptors (Lipinski definition) is 3. The Hall–Kier alpha value is -2.48. The fourth-order valence-corrected chi connectivity index (χ4v) is 4.80. The number of amides is 1. The second-order valence-corrected chi connectivity index (χ2v) is 9.78. The Kier molecular flexibility index (Phi) is 6.27. The van der Waals surface area contributed by atoms with E-state index in [2.05, 4.69) is 4.72 Å². The van der Waals surface area contributed by atoms with Crippen molar-refractivity contribution in [2.75, 3.05) is 6.54 Å². The van der Waals surface area contributed by atoms with Crippen LogP contribution in [-0.4, -0.2) is 31.8 Å². The molecular weight excluding hydrogens is 439 g/mol. The summed E-state index contributed by atoms with van der Waals surface area (Å²) in [5.41, 5.74) is 0.279. The van der Waals surface area contributed by atoms with Gasteiger partial charge in [0, 0.05) is 29.6 Å². The molecule has 1 aliphatic rings. The lowest BCUT2D eigenvalue weighted by Gasteiger charge is -2.23. The van der Waals surface area contributed by atoms with Crippen LogP contribution in [-0.2, 0) is 21.4 Å². The van der Waals surface area contributed by atoms with Crippen molar-refractivity contribution in [2.24, 2.45) is 0 Å². The molecule has 5 nitrogen and oxygen atoms in total. The molecule has 31 heavy (non-hydrogen) atoms. The highest BCUT2D eigenvalue weighted by Gasteiger charge is 2.33. The number of fused-ring (bicyclic) bond motifs is 1. The van der Waals surface area contributed by atoms with Crippen LogP contribution in [0.15, 0.2) is 65.6 Å². The van der Waals surface area contributed by atoms with E-state index in [1.54, 1.807) is 29.2 Å². The van der Waals surface area contributed by atoms with Crippen LogP contribution < -0.4 is 4.72 Å². The van der Waals surface area contributed by atoms with Gasteiger partial charge in [-0.05, 0) is 47.9 Å².